The largest absolute Gasteiger partial charge is 0.476 e. The summed E-state index contributed by atoms with van der Waals surface area (Å²) < 4.78 is 4.74. The Hall–Kier alpha value is -2.31. The van der Waals surface area contributed by atoms with E-state index in [-0.39, 0.29) is 11.5 Å². The second-order valence-electron chi connectivity index (χ2n) is 2.38. The van der Waals surface area contributed by atoms with Crippen LogP contribution in [0.5, 0.6) is 0 Å². The molecule has 0 aliphatic rings. The van der Waals surface area contributed by atoms with Crippen molar-refractivity contribution in [2.45, 2.75) is 0 Å². The summed E-state index contributed by atoms with van der Waals surface area (Å²) in [6.07, 6.45) is 2.66. The summed E-state index contributed by atoms with van der Waals surface area (Å²) >= 11 is 0. The van der Waals surface area contributed by atoms with Crippen molar-refractivity contribution in [1.29, 1.82) is 0 Å². The first kappa shape index (κ1) is 8.30. The van der Waals surface area contributed by atoms with E-state index in [2.05, 4.69) is 20.3 Å². The standard InChI is InChI=1S/C7H4N4O3/c12-7(13)4-1-6(14-11-4)5-2-8-3-9-10-5/h1-3H,(H,12,13). The van der Waals surface area contributed by atoms with E-state index in [9.17, 15) is 4.79 Å². The minimum atomic E-state index is -1.16. The highest BCUT2D eigenvalue weighted by Gasteiger charge is 2.12. The summed E-state index contributed by atoms with van der Waals surface area (Å²) in [7, 11) is 0. The van der Waals surface area contributed by atoms with Gasteiger partial charge in [-0.3, -0.25) is 0 Å². The molecule has 1 N–H and O–H groups in total. The van der Waals surface area contributed by atoms with Crippen molar-refractivity contribution in [2.24, 2.45) is 0 Å². The monoisotopic (exact) mass is 192 g/mol. The lowest BCUT2D eigenvalue weighted by Gasteiger charge is -1.88. The average molecular weight is 192 g/mol. The van der Waals surface area contributed by atoms with Gasteiger partial charge in [0.25, 0.3) is 0 Å². The van der Waals surface area contributed by atoms with Crippen LogP contribution >= 0.6 is 0 Å². The Kier molecular flexibility index (Phi) is 1.90. The third kappa shape index (κ3) is 1.42. The van der Waals surface area contributed by atoms with Crippen molar-refractivity contribution in [3.63, 3.8) is 0 Å². The van der Waals surface area contributed by atoms with E-state index in [0.717, 1.165) is 0 Å². The number of hydrogen-bond acceptors (Lipinski definition) is 6. The molecule has 0 saturated heterocycles. The summed E-state index contributed by atoms with van der Waals surface area (Å²) in [5.41, 5.74) is 0.165. The van der Waals surface area contributed by atoms with Gasteiger partial charge in [-0.2, -0.15) is 0 Å². The van der Waals surface area contributed by atoms with Crippen LogP contribution in [0.2, 0.25) is 0 Å². The van der Waals surface area contributed by atoms with Gasteiger partial charge in [0.1, 0.15) is 12.0 Å². The molecular formula is C7H4N4O3. The summed E-state index contributed by atoms with van der Waals surface area (Å²) in [5.74, 6) is -0.931. The van der Waals surface area contributed by atoms with Crippen LogP contribution in [0, 0.1) is 0 Å². The van der Waals surface area contributed by atoms with Gasteiger partial charge < -0.3 is 9.63 Å². The van der Waals surface area contributed by atoms with Gasteiger partial charge >= 0.3 is 5.97 Å². The Bertz CT molecular complexity index is 453. The summed E-state index contributed by atoms with van der Waals surface area (Å²) in [4.78, 5) is 14.2. The highest BCUT2D eigenvalue weighted by molar-refractivity contribution is 5.86. The molecule has 7 nitrogen and oxygen atoms in total. The number of carbonyl (C=O) groups is 1. The van der Waals surface area contributed by atoms with Crippen LogP contribution < -0.4 is 0 Å². The van der Waals surface area contributed by atoms with Crippen molar-refractivity contribution in [3.8, 4) is 11.5 Å². The fourth-order valence-electron chi connectivity index (χ4n) is 0.857. The molecule has 0 aromatic carbocycles. The zero-order valence-corrected chi connectivity index (χ0v) is 6.78. The van der Waals surface area contributed by atoms with Crippen LogP contribution in [0.1, 0.15) is 10.5 Å². The molecule has 0 aliphatic carbocycles. The fraction of sp³-hybridized carbons (Fsp3) is 0. The lowest BCUT2D eigenvalue weighted by molar-refractivity contribution is 0.0686. The predicted molar refractivity (Wildman–Crippen MR) is 42.3 cm³/mol. The molecule has 0 amide bonds. The Morgan fingerprint density at radius 2 is 2.36 bits per heavy atom. The van der Waals surface area contributed by atoms with Gasteiger partial charge in [-0.15, -0.1) is 10.2 Å². The van der Waals surface area contributed by atoms with Crippen molar-refractivity contribution < 1.29 is 14.4 Å². The lowest BCUT2D eigenvalue weighted by Crippen LogP contribution is -1.94. The fourth-order valence-corrected chi connectivity index (χ4v) is 0.857. The number of aromatic carboxylic acids is 1. The smallest absolute Gasteiger partial charge is 0.358 e. The third-order valence-corrected chi connectivity index (χ3v) is 1.46. The minimum Gasteiger partial charge on any atom is -0.476 e. The summed E-state index contributed by atoms with van der Waals surface area (Å²) in [5, 5.41) is 19.1. The van der Waals surface area contributed by atoms with Gasteiger partial charge in [-0.05, 0) is 0 Å². The Morgan fingerprint density at radius 3 is 2.93 bits per heavy atom. The number of hydrogen-bond donors (Lipinski definition) is 1. The molecule has 2 aromatic heterocycles. The van der Waals surface area contributed by atoms with Crippen LogP contribution in [0.25, 0.3) is 11.5 Å². The van der Waals surface area contributed by atoms with Gasteiger partial charge in [-0.1, -0.05) is 5.16 Å². The third-order valence-electron chi connectivity index (χ3n) is 1.46. The molecule has 0 fully saturated rings. The molecule has 2 aromatic rings. The normalized spacial score (nSPS) is 10.0. The first-order chi connectivity index (χ1) is 6.77. The molecule has 7 heteroatoms. The molecule has 2 rings (SSSR count). The van der Waals surface area contributed by atoms with Crippen LogP contribution in [-0.4, -0.2) is 31.4 Å². The number of rotatable bonds is 2. The predicted octanol–water partition coefficient (Wildman–Crippen LogP) is 0.225. The van der Waals surface area contributed by atoms with Gasteiger partial charge in [0.15, 0.2) is 11.5 Å². The van der Waals surface area contributed by atoms with E-state index in [1.54, 1.807) is 0 Å². The second-order valence-corrected chi connectivity index (χ2v) is 2.38. The number of nitrogens with zero attached hydrogens (tertiary/aromatic N) is 4. The topological polar surface area (TPSA) is 102 Å². The second kappa shape index (κ2) is 3.21. The van der Waals surface area contributed by atoms with Crippen molar-refractivity contribution in [2.75, 3.05) is 0 Å². The van der Waals surface area contributed by atoms with Gasteiger partial charge in [0, 0.05) is 6.07 Å². The maximum absolute atomic E-state index is 10.5. The van der Waals surface area contributed by atoms with Gasteiger partial charge in [-0.25, -0.2) is 9.78 Å². The van der Waals surface area contributed by atoms with Crippen LogP contribution in [0.15, 0.2) is 23.1 Å². The highest BCUT2D eigenvalue weighted by Crippen LogP contribution is 2.15. The molecule has 0 aliphatic heterocycles. The maximum Gasteiger partial charge on any atom is 0.358 e. The first-order valence-corrected chi connectivity index (χ1v) is 3.60. The quantitative estimate of drug-likeness (QED) is 0.726. The van der Waals surface area contributed by atoms with E-state index < -0.39 is 5.97 Å². The van der Waals surface area contributed by atoms with Crippen LogP contribution in [0.4, 0.5) is 0 Å². The zero-order chi connectivity index (χ0) is 9.97. The summed E-state index contributed by atoms with van der Waals surface area (Å²) in [6.45, 7) is 0. The molecule has 0 radical (unpaired) electrons. The van der Waals surface area contributed by atoms with E-state index >= 15 is 0 Å². The van der Waals surface area contributed by atoms with Crippen LogP contribution in [-0.2, 0) is 0 Å². The molecule has 2 heterocycles. The molecule has 14 heavy (non-hydrogen) atoms. The number of aromatic nitrogens is 4. The zero-order valence-electron chi connectivity index (χ0n) is 6.78. The molecule has 0 spiro atoms. The Morgan fingerprint density at radius 1 is 1.50 bits per heavy atom. The maximum atomic E-state index is 10.5. The highest BCUT2D eigenvalue weighted by atomic mass is 16.5. The molecule has 0 unspecified atom stereocenters. The van der Waals surface area contributed by atoms with Crippen LogP contribution in [0.3, 0.4) is 0 Å². The summed E-state index contributed by atoms with van der Waals surface area (Å²) in [6, 6.07) is 1.26. The van der Waals surface area contributed by atoms with Gasteiger partial charge in [0.05, 0.1) is 6.20 Å². The Labute approximate surface area is 77.4 Å². The van der Waals surface area contributed by atoms with Crippen molar-refractivity contribution in [3.05, 3.63) is 24.3 Å². The van der Waals surface area contributed by atoms with E-state index in [1.807, 2.05) is 0 Å². The molecular weight excluding hydrogens is 188 g/mol. The van der Waals surface area contributed by atoms with E-state index in [1.165, 1.54) is 18.6 Å². The lowest BCUT2D eigenvalue weighted by atomic mass is 10.3. The van der Waals surface area contributed by atoms with Crippen molar-refractivity contribution in [1.82, 2.24) is 20.3 Å². The molecule has 0 atom stereocenters. The number of carboxylic acid groups (broad SMARTS) is 1. The molecule has 70 valence electrons. The minimum absolute atomic E-state index is 0.175. The van der Waals surface area contributed by atoms with Crippen molar-refractivity contribution >= 4 is 5.97 Å². The average Bonchev–Trinajstić information content (AvgIpc) is 2.68. The SMILES string of the molecule is O=C(O)c1cc(-c2cncnn2)on1. The van der Waals surface area contributed by atoms with Gasteiger partial charge in [0.2, 0.25) is 0 Å². The molecule has 0 bridgehead atoms. The Balaban J connectivity index is 2.39. The van der Waals surface area contributed by atoms with E-state index in [4.69, 9.17) is 9.63 Å². The first-order valence-electron chi connectivity index (χ1n) is 3.60. The van der Waals surface area contributed by atoms with E-state index in [0.29, 0.717) is 5.69 Å². The number of carboxylic acids is 1. The molecule has 0 saturated carbocycles.